The van der Waals surface area contributed by atoms with Gasteiger partial charge in [-0.3, -0.25) is 4.79 Å². The van der Waals surface area contributed by atoms with Crippen LogP contribution in [0.1, 0.15) is 48.2 Å². The number of fused-ring (bicyclic) bond motifs is 2. The van der Waals surface area contributed by atoms with E-state index in [-0.39, 0.29) is 5.91 Å². The number of aromatic nitrogens is 2. The Morgan fingerprint density at radius 2 is 1.96 bits per heavy atom. The maximum Gasteiger partial charge on any atom is 0.251 e. The summed E-state index contributed by atoms with van der Waals surface area (Å²) in [5.41, 5.74) is 10.2. The van der Waals surface area contributed by atoms with Crippen LogP contribution in [0.5, 0.6) is 0 Å². The first-order valence-corrected chi connectivity index (χ1v) is 9.37. The van der Waals surface area contributed by atoms with Crippen LogP contribution in [0.15, 0.2) is 53.9 Å². The SMILES string of the molecule is CC1=CCCC(C)=C1c1cnc2[nH]cc(-c3ccc4c(c3)CNC4=O)c2c1. The van der Waals surface area contributed by atoms with Crippen molar-refractivity contribution in [3.8, 4) is 11.1 Å². The Kier molecular flexibility index (Phi) is 3.54. The number of hydrogen-bond acceptors (Lipinski definition) is 2. The van der Waals surface area contributed by atoms with Crippen LogP contribution in [0, 0.1) is 0 Å². The van der Waals surface area contributed by atoms with Crippen molar-refractivity contribution in [2.24, 2.45) is 0 Å². The zero-order valence-corrected chi connectivity index (χ0v) is 15.5. The maximum atomic E-state index is 11.8. The summed E-state index contributed by atoms with van der Waals surface area (Å²) < 4.78 is 0. The lowest BCUT2D eigenvalue weighted by molar-refractivity contribution is 0.0966. The van der Waals surface area contributed by atoms with Crippen LogP contribution in [0.25, 0.3) is 27.7 Å². The van der Waals surface area contributed by atoms with E-state index in [4.69, 9.17) is 0 Å². The molecule has 0 saturated carbocycles. The molecule has 0 radical (unpaired) electrons. The van der Waals surface area contributed by atoms with Gasteiger partial charge in [-0.05, 0) is 67.2 Å². The van der Waals surface area contributed by atoms with Crippen molar-refractivity contribution in [3.63, 3.8) is 0 Å². The van der Waals surface area contributed by atoms with E-state index in [1.807, 2.05) is 24.5 Å². The minimum atomic E-state index is 0.0152. The number of H-pyrrole nitrogens is 1. The minimum Gasteiger partial charge on any atom is -0.348 e. The van der Waals surface area contributed by atoms with Gasteiger partial charge in [-0.15, -0.1) is 0 Å². The minimum absolute atomic E-state index is 0.0152. The standard InChI is InChI=1S/C23H21N3O/c1-13-4-3-5-14(2)21(13)17-9-19-20(12-25-22(19)24-11-17)15-6-7-18-16(8-15)10-26-23(18)27/h4,6-9,11-12H,3,5,10H2,1-2H3,(H,24,25)(H,26,27). The van der Waals surface area contributed by atoms with E-state index in [9.17, 15) is 4.79 Å². The summed E-state index contributed by atoms with van der Waals surface area (Å²) in [5.74, 6) is 0.0152. The molecule has 1 amide bonds. The molecule has 4 nitrogen and oxygen atoms in total. The fourth-order valence-corrected chi connectivity index (χ4v) is 4.32. The molecular formula is C23H21N3O. The molecule has 4 heteroatoms. The van der Waals surface area contributed by atoms with Crippen molar-refractivity contribution in [1.29, 1.82) is 0 Å². The normalized spacial score (nSPS) is 16.5. The molecule has 2 aliphatic rings. The molecule has 0 unspecified atom stereocenters. The summed E-state index contributed by atoms with van der Waals surface area (Å²) in [4.78, 5) is 19.8. The number of nitrogens with zero attached hydrogens (tertiary/aromatic N) is 1. The highest BCUT2D eigenvalue weighted by atomic mass is 16.1. The van der Waals surface area contributed by atoms with Gasteiger partial charge < -0.3 is 10.3 Å². The summed E-state index contributed by atoms with van der Waals surface area (Å²) in [6.07, 6.45) is 8.52. The lowest BCUT2D eigenvalue weighted by atomic mass is 9.88. The molecule has 2 N–H and O–H groups in total. The molecular weight excluding hydrogens is 334 g/mol. The molecule has 134 valence electrons. The topological polar surface area (TPSA) is 57.8 Å². The Morgan fingerprint density at radius 3 is 2.81 bits per heavy atom. The quantitative estimate of drug-likeness (QED) is 0.680. The Morgan fingerprint density at radius 1 is 1.07 bits per heavy atom. The number of benzene rings is 1. The van der Waals surface area contributed by atoms with Crippen LogP contribution in [-0.4, -0.2) is 15.9 Å². The Bertz CT molecular complexity index is 1160. The van der Waals surface area contributed by atoms with E-state index in [0.29, 0.717) is 6.54 Å². The van der Waals surface area contributed by atoms with Gasteiger partial charge in [0.1, 0.15) is 5.65 Å². The molecule has 1 aliphatic carbocycles. The first-order valence-electron chi connectivity index (χ1n) is 9.37. The van der Waals surface area contributed by atoms with Gasteiger partial charge in [0.05, 0.1) is 0 Å². The van der Waals surface area contributed by atoms with Crippen molar-refractivity contribution in [2.75, 3.05) is 0 Å². The number of amides is 1. The van der Waals surface area contributed by atoms with Gasteiger partial charge in [-0.1, -0.05) is 17.7 Å². The van der Waals surface area contributed by atoms with Crippen LogP contribution in [0.4, 0.5) is 0 Å². The average molecular weight is 355 g/mol. The summed E-state index contributed by atoms with van der Waals surface area (Å²) in [6, 6.07) is 8.30. The number of carbonyl (C=O) groups excluding carboxylic acids is 1. The molecule has 3 heterocycles. The molecule has 1 aliphatic heterocycles. The summed E-state index contributed by atoms with van der Waals surface area (Å²) in [5, 5.41) is 4.00. The summed E-state index contributed by atoms with van der Waals surface area (Å²) in [7, 11) is 0. The van der Waals surface area contributed by atoms with Crippen molar-refractivity contribution >= 4 is 22.5 Å². The van der Waals surface area contributed by atoms with E-state index >= 15 is 0 Å². The van der Waals surface area contributed by atoms with Crippen LogP contribution in [0.3, 0.4) is 0 Å². The number of allylic oxidation sites excluding steroid dienone is 4. The molecule has 0 bridgehead atoms. The number of aromatic amines is 1. The molecule has 0 fully saturated rings. The second-order valence-corrected chi connectivity index (χ2v) is 7.46. The van der Waals surface area contributed by atoms with Gasteiger partial charge in [0.25, 0.3) is 5.91 Å². The fourth-order valence-electron chi connectivity index (χ4n) is 4.32. The van der Waals surface area contributed by atoms with Gasteiger partial charge in [-0.25, -0.2) is 4.98 Å². The van der Waals surface area contributed by atoms with Gasteiger partial charge in [0.15, 0.2) is 0 Å². The van der Waals surface area contributed by atoms with Crippen molar-refractivity contribution in [3.05, 3.63) is 70.6 Å². The molecule has 2 aromatic heterocycles. The average Bonchev–Trinajstić information content (AvgIpc) is 3.25. The highest BCUT2D eigenvalue weighted by molar-refractivity contribution is 6.01. The largest absolute Gasteiger partial charge is 0.348 e. The second-order valence-electron chi connectivity index (χ2n) is 7.46. The van der Waals surface area contributed by atoms with E-state index in [1.54, 1.807) is 0 Å². The number of carbonyl (C=O) groups is 1. The Balaban J connectivity index is 1.65. The predicted octanol–water partition coefficient (Wildman–Crippen LogP) is 4.99. The third kappa shape index (κ3) is 2.52. The zero-order chi connectivity index (χ0) is 18.5. The second kappa shape index (κ2) is 5.95. The maximum absolute atomic E-state index is 11.8. The molecule has 3 aromatic rings. The number of rotatable bonds is 2. The van der Waals surface area contributed by atoms with Gasteiger partial charge in [0, 0.05) is 41.0 Å². The monoisotopic (exact) mass is 355 g/mol. The van der Waals surface area contributed by atoms with E-state index in [1.165, 1.54) is 22.3 Å². The number of hydrogen-bond donors (Lipinski definition) is 2. The Labute approximate surface area is 158 Å². The first-order chi connectivity index (χ1) is 13.1. The third-order valence-corrected chi connectivity index (χ3v) is 5.71. The third-order valence-electron chi connectivity index (χ3n) is 5.71. The van der Waals surface area contributed by atoms with Crippen molar-refractivity contribution < 1.29 is 4.79 Å². The zero-order valence-electron chi connectivity index (χ0n) is 15.5. The summed E-state index contributed by atoms with van der Waals surface area (Å²) >= 11 is 0. The first kappa shape index (κ1) is 16.1. The van der Waals surface area contributed by atoms with Gasteiger partial charge in [0.2, 0.25) is 0 Å². The molecule has 27 heavy (non-hydrogen) atoms. The van der Waals surface area contributed by atoms with Crippen molar-refractivity contribution in [1.82, 2.24) is 15.3 Å². The Hall–Kier alpha value is -3.14. The van der Waals surface area contributed by atoms with Crippen LogP contribution in [0.2, 0.25) is 0 Å². The highest BCUT2D eigenvalue weighted by Gasteiger charge is 2.20. The van der Waals surface area contributed by atoms with E-state index < -0.39 is 0 Å². The number of pyridine rings is 1. The smallest absolute Gasteiger partial charge is 0.251 e. The van der Waals surface area contributed by atoms with E-state index in [0.717, 1.165) is 46.1 Å². The number of nitrogens with one attached hydrogen (secondary N) is 2. The highest BCUT2D eigenvalue weighted by Crippen LogP contribution is 2.36. The molecule has 0 saturated heterocycles. The van der Waals surface area contributed by atoms with Gasteiger partial charge in [-0.2, -0.15) is 0 Å². The van der Waals surface area contributed by atoms with Crippen LogP contribution >= 0.6 is 0 Å². The lowest BCUT2D eigenvalue weighted by Gasteiger charge is -2.18. The van der Waals surface area contributed by atoms with E-state index in [2.05, 4.69) is 47.3 Å². The fraction of sp³-hybridized carbons (Fsp3) is 0.217. The molecule has 1 aromatic carbocycles. The van der Waals surface area contributed by atoms with Crippen molar-refractivity contribution in [2.45, 2.75) is 33.2 Å². The van der Waals surface area contributed by atoms with Crippen LogP contribution < -0.4 is 5.32 Å². The predicted molar refractivity (Wildman–Crippen MR) is 108 cm³/mol. The van der Waals surface area contributed by atoms with Crippen LogP contribution in [-0.2, 0) is 6.54 Å². The van der Waals surface area contributed by atoms with Gasteiger partial charge >= 0.3 is 0 Å². The lowest BCUT2D eigenvalue weighted by Crippen LogP contribution is -2.12. The molecule has 0 spiro atoms. The molecule has 5 rings (SSSR count). The molecule has 0 atom stereocenters. The summed E-state index contributed by atoms with van der Waals surface area (Å²) in [6.45, 7) is 5.01.